The number of aromatic nitrogens is 3. The van der Waals surface area contributed by atoms with Crippen LogP contribution in [0.4, 0.5) is 5.69 Å². The summed E-state index contributed by atoms with van der Waals surface area (Å²) in [6.45, 7) is 12.4. The molecule has 2 amide bonds. The fraction of sp³-hybridized carbons (Fsp3) is 0.333. The van der Waals surface area contributed by atoms with Crippen molar-refractivity contribution in [2.45, 2.75) is 51.9 Å². The standard InChI is InChI=1S/C27H33N5O2S/c1-6-15-32-25(24(18(3)4)29-26(34)21-13-10-11-19(5)16-21)30-31-27(32)35-17-23(33)28-22-14-9-8-12-20(22)7-2/h6,8-14,16,18,24H,1,7,15,17H2,2-5H3,(H,28,33)(H,29,34)/t24-/m0/s1. The summed E-state index contributed by atoms with van der Waals surface area (Å²) in [4.78, 5) is 25.6. The molecule has 1 atom stereocenters. The van der Waals surface area contributed by atoms with Gasteiger partial charge in [0, 0.05) is 17.8 Å². The molecule has 0 unspecified atom stereocenters. The predicted octanol–water partition coefficient (Wildman–Crippen LogP) is 5.19. The van der Waals surface area contributed by atoms with Crippen LogP contribution in [-0.2, 0) is 17.8 Å². The minimum Gasteiger partial charge on any atom is -0.342 e. The van der Waals surface area contributed by atoms with E-state index in [1.54, 1.807) is 12.1 Å². The molecule has 184 valence electrons. The molecular formula is C27H33N5O2S. The number of nitrogens with one attached hydrogen (secondary N) is 2. The monoisotopic (exact) mass is 491 g/mol. The molecule has 2 N–H and O–H groups in total. The fourth-order valence-corrected chi connectivity index (χ4v) is 4.50. The summed E-state index contributed by atoms with van der Waals surface area (Å²) in [6.07, 6.45) is 2.60. The van der Waals surface area contributed by atoms with Crippen LogP contribution in [0, 0.1) is 12.8 Å². The van der Waals surface area contributed by atoms with Gasteiger partial charge in [-0.2, -0.15) is 0 Å². The summed E-state index contributed by atoms with van der Waals surface area (Å²) in [5, 5.41) is 15.5. The van der Waals surface area contributed by atoms with Gasteiger partial charge in [0.05, 0.1) is 11.8 Å². The van der Waals surface area contributed by atoms with E-state index in [4.69, 9.17) is 0 Å². The van der Waals surface area contributed by atoms with Gasteiger partial charge < -0.3 is 15.2 Å². The van der Waals surface area contributed by atoms with Crippen molar-refractivity contribution in [3.63, 3.8) is 0 Å². The molecule has 1 aromatic heterocycles. The highest BCUT2D eigenvalue weighted by atomic mass is 32.2. The Balaban J connectivity index is 1.76. The number of carbonyl (C=O) groups excluding carboxylic acids is 2. The van der Waals surface area contributed by atoms with Crippen LogP contribution in [0.5, 0.6) is 0 Å². The quantitative estimate of drug-likeness (QED) is 0.285. The van der Waals surface area contributed by atoms with Crippen LogP contribution in [0.2, 0.25) is 0 Å². The van der Waals surface area contributed by atoms with Crippen LogP contribution in [0.3, 0.4) is 0 Å². The molecule has 3 aromatic rings. The van der Waals surface area contributed by atoms with E-state index in [1.165, 1.54) is 11.8 Å². The number of thioether (sulfide) groups is 1. The van der Waals surface area contributed by atoms with Crippen molar-refractivity contribution in [1.29, 1.82) is 0 Å². The first-order valence-corrected chi connectivity index (χ1v) is 12.7. The molecule has 2 aromatic carbocycles. The van der Waals surface area contributed by atoms with Crippen molar-refractivity contribution in [3.8, 4) is 0 Å². The van der Waals surface area contributed by atoms with Gasteiger partial charge in [0.25, 0.3) is 5.91 Å². The SMILES string of the molecule is C=CCn1c(SCC(=O)Nc2ccccc2CC)nnc1[C@@H](NC(=O)c1cccc(C)c1)C(C)C. The Kier molecular flexibility index (Phi) is 9.25. The predicted molar refractivity (Wildman–Crippen MR) is 142 cm³/mol. The van der Waals surface area contributed by atoms with Crippen molar-refractivity contribution in [3.05, 3.63) is 83.7 Å². The van der Waals surface area contributed by atoms with Crippen LogP contribution in [0.25, 0.3) is 0 Å². The van der Waals surface area contributed by atoms with Crippen molar-refractivity contribution >= 4 is 29.3 Å². The number of rotatable bonds is 11. The Morgan fingerprint density at radius 3 is 2.60 bits per heavy atom. The third-order valence-electron chi connectivity index (χ3n) is 5.57. The summed E-state index contributed by atoms with van der Waals surface area (Å²) >= 11 is 1.31. The number of benzene rings is 2. The lowest BCUT2D eigenvalue weighted by atomic mass is 10.0. The molecule has 35 heavy (non-hydrogen) atoms. The Labute approximate surface area is 211 Å². The average Bonchev–Trinajstić information content (AvgIpc) is 3.23. The largest absolute Gasteiger partial charge is 0.342 e. The van der Waals surface area contributed by atoms with Gasteiger partial charge in [-0.05, 0) is 43.0 Å². The Bertz CT molecular complexity index is 1190. The second kappa shape index (κ2) is 12.4. The van der Waals surface area contributed by atoms with Crippen LogP contribution in [0.15, 0.2) is 66.3 Å². The normalized spacial score (nSPS) is 11.8. The number of aryl methyl sites for hydroxylation is 2. The van der Waals surface area contributed by atoms with Gasteiger partial charge in [-0.15, -0.1) is 16.8 Å². The van der Waals surface area contributed by atoms with E-state index in [0.29, 0.717) is 23.1 Å². The van der Waals surface area contributed by atoms with Crippen LogP contribution in [-0.4, -0.2) is 32.3 Å². The molecule has 8 heteroatoms. The Morgan fingerprint density at radius 1 is 1.14 bits per heavy atom. The van der Waals surface area contributed by atoms with E-state index < -0.39 is 0 Å². The van der Waals surface area contributed by atoms with Crippen molar-refractivity contribution < 1.29 is 9.59 Å². The summed E-state index contributed by atoms with van der Waals surface area (Å²) in [5.74, 6) is 0.626. The van der Waals surface area contributed by atoms with E-state index in [2.05, 4.69) is 34.3 Å². The van der Waals surface area contributed by atoms with Gasteiger partial charge in [0.2, 0.25) is 5.91 Å². The zero-order valence-electron chi connectivity index (χ0n) is 20.7. The highest BCUT2D eigenvalue weighted by Crippen LogP contribution is 2.26. The average molecular weight is 492 g/mol. The van der Waals surface area contributed by atoms with Crippen LogP contribution in [0.1, 0.15) is 54.1 Å². The van der Waals surface area contributed by atoms with Gasteiger partial charge in [0.15, 0.2) is 11.0 Å². The molecule has 0 saturated carbocycles. The summed E-state index contributed by atoms with van der Waals surface area (Å²) in [7, 11) is 0. The third kappa shape index (κ3) is 6.82. The van der Waals surface area contributed by atoms with E-state index in [1.807, 2.05) is 67.8 Å². The van der Waals surface area contributed by atoms with Crippen molar-refractivity contribution in [1.82, 2.24) is 20.1 Å². The molecule has 0 saturated heterocycles. The topological polar surface area (TPSA) is 88.9 Å². The maximum absolute atomic E-state index is 13.0. The molecule has 7 nitrogen and oxygen atoms in total. The second-order valence-corrected chi connectivity index (χ2v) is 9.59. The van der Waals surface area contributed by atoms with Crippen LogP contribution >= 0.6 is 11.8 Å². The van der Waals surface area contributed by atoms with Gasteiger partial charge >= 0.3 is 0 Å². The van der Waals surface area contributed by atoms with Gasteiger partial charge in [0.1, 0.15) is 0 Å². The van der Waals surface area contributed by atoms with E-state index >= 15 is 0 Å². The summed E-state index contributed by atoms with van der Waals surface area (Å²) < 4.78 is 1.91. The van der Waals surface area contributed by atoms with E-state index in [9.17, 15) is 9.59 Å². The number of anilines is 1. The second-order valence-electron chi connectivity index (χ2n) is 8.65. The Hall–Kier alpha value is -3.39. The van der Waals surface area contributed by atoms with E-state index in [-0.39, 0.29) is 29.5 Å². The molecule has 0 fully saturated rings. The molecule has 1 heterocycles. The maximum atomic E-state index is 13.0. The molecule has 0 aliphatic heterocycles. The van der Waals surface area contributed by atoms with E-state index in [0.717, 1.165) is 23.2 Å². The first-order valence-electron chi connectivity index (χ1n) is 11.8. The maximum Gasteiger partial charge on any atom is 0.251 e. The number of hydrogen-bond donors (Lipinski definition) is 2. The third-order valence-corrected chi connectivity index (χ3v) is 6.54. The highest BCUT2D eigenvalue weighted by Gasteiger charge is 2.26. The number of allylic oxidation sites excluding steroid dienone is 1. The molecule has 0 bridgehead atoms. The zero-order valence-corrected chi connectivity index (χ0v) is 21.6. The minimum atomic E-state index is -0.352. The molecular weight excluding hydrogens is 458 g/mol. The van der Waals surface area contributed by atoms with Gasteiger partial charge in [-0.3, -0.25) is 9.59 Å². The summed E-state index contributed by atoms with van der Waals surface area (Å²) in [6, 6.07) is 14.9. The highest BCUT2D eigenvalue weighted by molar-refractivity contribution is 7.99. The molecule has 0 radical (unpaired) electrons. The van der Waals surface area contributed by atoms with Crippen molar-refractivity contribution in [2.24, 2.45) is 5.92 Å². The number of amides is 2. The number of para-hydroxylation sites is 1. The first kappa shape index (κ1) is 26.2. The number of hydrogen-bond acceptors (Lipinski definition) is 5. The lowest BCUT2D eigenvalue weighted by Crippen LogP contribution is -2.34. The summed E-state index contributed by atoms with van der Waals surface area (Å²) in [5.41, 5.74) is 3.54. The molecule has 0 aliphatic rings. The zero-order chi connectivity index (χ0) is 25.4. The lowest BCUT2D eigenvalue weighted by Gasteiger charge is -2.22. The number of nitrogens with zero attached hydrogens (tertiary/aromatic N) is 3. The smallest absolute Gasteiger partial charge is 0.251 e. The first-order chi connectivity index (χ1) is 16.8. The minimum absolute atomic E-state index is 0.0724. The van der Waals surface area contributed by atoms with Gasteiger partial charge in [-0.1, -0.05) is 74.5 Å². The number of carbonyl (C=O) groups is 2. The molecule has 3 rings (SSSR count). The molecule has 0 aliphatic carbocycles. The van der Waals surface area contributed by atoms with Crippen molar-refractivity contribution in [2.75, 3.05) is 11.1 Å². The Morgan fingerprint density at radius 2 is 1.91 bits per heavy atom. The fourth-order valence-electron chi connectivity index (χ4n) is 3.74. The lowest BCUT2D eigenvalue weighted by molar-refractivity contribution is -0.113. The van der Waals surface area contributed by atoms with Crippen LogP contribution < -0.4 is 10.6 Å². The molecule has 0 spiro atoms. The van der Waals surface area contributed by atoms with Gasteiger partial charge in [-0.25, -0.2) is 0 Å².